The number of nitrogens with zero attached hydrogens (tertiary/aromatic N) is 6. The highest BCUT2D eigenvalue weighted by Gasteiger charge is 2.23. The summed E-state index contributed by atoms with van der Waals surface area (Å²) in [6.07, 6.45) is 8.82. The third-order valence-electron chi connectivity index (χ3n) is 6.05. The van der Waals surface area contributed by atoms with Gasteiger partial charge in [0.05, 0.1) is 23.6 Å². The van der Waals surface area contributed by atoms with Crippen LogP contribution in [-0.4, -0.2) is 56.4 Å². The number of rotatable bonds is 5. The average molecular weight is 433 g/mol. The van der Waals surface area contributed by atoms with Gasteiger partial charge in [0.25, 0.3) is 0 Å². The molecule has 0 radical (unpaired) electrons. The van der Waals surface area contributed by atoms with Crippen molar-refractivity contribution in [2.75, 3.05) is 31.1 Å². The minimum Gasteiger partial charge on any atom is -0.365 e. The number of halogens is 1. The summed E-state index contributed by atoms with van der Waals surface area (Å²) in [7, 11) is 1.90. The Labute approximate surface area is 185 Å². The van der Waals surface area contributed by atoms with Crippen molar-refractivity contribution in [2.24, 2.45) is 7.05 Å². The Morgan fingerprint density at radius 1 is 0.938 bits per heavy atom. The predicted octanol–water partition coefficient (Wildman–Crippen LogP) is 3.16. The quantitative estimate of drug-likeness (QED) is 0.486. The monoisotopic (exact) mass is 432 g/mol. The van der Waals surface area contributed by atoms with E-state index in [-0.39, 0.29) is 11.7 Å². The van der Waals surface area contributed by atoms with Crippen molar-refractivity contribution in [1.82, 2.24) is 24.3 Å². The Hall–Kier alpha value is -3.68. The van der Waals surface area contributed by atoms with E-state index in [2.05, 4.69) is 27.2 Å². The second-order valence-corrected chi connectivity index (χ2v) is 8.17. The molecule has 1 saturated heterocycles. The predicted molar refractivity (Wildman–Crippen MR) is 121 cm³/mol. The number of hydrogen-bond donors (Lipinski definition) is 0. The summed E-state index contributed by atoms with van der Waals surface area (Å²) in [4.78, 5) is 16.8. The molecule has 0 aliphatic carbocycles. The molecule has 1 amide bonds. The lowest BCUT2D eigenvalue weighted by Crippen LogP contribution is -2.48. The molecule has 4 aromatic rings. The maximum atomic E-state index is 13.0. The first-order valence-electron chi connectivity index (χ1n) is 10.8. The van der Waals surface area contributed by atoms with Gasteiger partial charge in [0.2, 0.25) is 5.91 Å². The summed E-state index contributed by atoms with van der Waals surface area (Å²) in [5.41, 5.74) is 5.24. The fraction of sp³-hybridized carbons (Fsp3) is 0.292. The van der Waals surface area contributed by atoms with Crippen molar-refractivity contribution in [3.63, 3.8) is 0 Å². The molecule has 1 aliphatic rings. The maximum absolute atomic E-state index is 13.0. The van der Waals surface area contributed by atoms with Gasteiger partial charge in [-0.2, -0.15) is 10.2 Å². The Morgan fingerprint density at radius 3 is 2.44 bits per heavy atom. The molecule has 0 atom stereocenters. The van der Waals surface area contributed by atoms with E-state index in [1.54, 1.807) is 16.8 Å². The van der Waals surface area contributed by atoms with E-state index in [0.29, 0.717) is 25.9 Å². The molecule has 4 heterocycles. The standard InChI is InChI=1S/C24H25FN6O/c1-28-16-20(14-26-28)19-5-8-22-23(15-27-31(22)17-19)29-10-12-30(13-11-29)24(32)9-4-18-2-6-21(25)7-3-18/h2-3,5-8,14-17H,4,9-13H2,1H3. The molecule has 1 aliphatic heterocycles. The van der Waals surface area contributed by atoms with Gasteiger partial charge < -0.3 is 9.80 Å². The number of pyridine rings is 1. The lowest BCUT2D eigenvalue weighted by atomic mass is 10.1. The number of hydrogen-bond acceptors (Lipinski definition) is 4. The van der Waals surface area contributed by atoms with Crippen molar-refractivity contribution in [1.29, 1.82) is 0 Å². The second-order valence-electron chi connectivity index (χ2n) is 8.17. The van der Waals surface area contributed by atoms with Crippen LogP contribution in [0.4, 0.5) is 10.1 Å². The van der Waals surface area contributed by atoms with Crippen LogP contribution < -0.4 is 4.90 Å². The normalized spacial score (nSPS) is 14.3. The highest BCUT2D eigenvalue weighted by molar-refractivity contribution is 5.78. The van der Waals surface area contributed by atoms with Crippen molar-refractivity contribution < 1.29 is 9.18 Å². The number of amides is 1. The molecule has 0 saturated carbocycles. The molecule has 1 aromatic carbocycles. The second kappa shape index (κ2) is 8.45. The molecule has 7 nitrogen and oxygen atoms in total. The van der Waals surface area contributed by atoms with Gasteiger partial charge in [-0.25, -0.2) is 8.91 Å². The van der Waals surface area contributed by atoms with Crippen LogP contribution >= 0.6 is 0 Å². The molecule has 0 bridgehead atoms. The number of benzene rings is 1. The molecule has 0 unspecified atom stereocenters. The topological polar surface area (TPSA) is 58.7 Å². The van der Waals surface area contributed by atoms with Crippen LogP contribution in [0.25, 0.3) is 16.6 Å². The van der Waals surface area contributed by atoms with Gasteiger partial charge in [-0.15, -0.1) is 0 Å². The van der Waals surface area contributed by atoms with Crippen molar-refractivity contribution in [3.05, 3.63) is 72.6 Å². The first-order chi connectivity index (χ1) is 15.6. The molecule has 0 N–H and O–H groups in total. The van der Waals surface area contributed by atoms with Crippen molar-refractivity contribution >= 4 is 17.1 Å². The van der Waals surface area contributed by atoms with E-state index < -0.39 is 0 Å². The summed E-state index contributed by atoms with van der Waals surface area (Å²) in [5, 5.41) is 8.79. The number of fused-ring (bicyclic) bond motifs is 1. The van der Waals surface area contributed by atoms with E-state index in [9.17, 15) is 9.18 Å². The molecule has 1 fully saturated rings. The van der Waals surface area contributed by atoms with Gasteiger partial charge in [-0.05, 0) is 30.2 Å². The summed E-state index contributed by atoms with van der Waals surface area (Å²) in [6, 6.07) is 10.5. The van der Waals surface area contributed by atoms with E-state index >= 15 is 0 Å². The third-order valence-corrected chi connectivity index (χ3v) is 6.05. The first kappa shape index (κ1) is 20.2. The smallest absolute Gasteiger partial charge is 0.223 e. The fourth-order valence-corrected chi connectivity index (χ4v) is 4.21. The van der Waals surface area contributed by atoms with Gasteiger partial charge in [0.1, 0.15) is 5.82 Å². The van der Waals surface area contributed by atoms with Crippen LogP contribution in [0.3, 0.4) is 0 Å². The van der Waals surface area contributed by atoms with Crippen LogP contribution in [0.1, 0.15) is 12.0 Å². The van der Waals surface area contributed by atoms with E-state index in [0.717, 1.165) is 41.0 Å². The number of piperazine rings is 1. The largest absolute Gasteiger partial charge is 0.365 e. The molecular formula is C24H25FN6O. The van der Waals surface area contributed by atoms with Gasteiger partial charge in [-0.3, -0.25) is 9.48 Å². The lowest BCUT2D eigenvalue weighted by Gasteiger charge is -2.35. The SMILES string of the molecule is Cn1cc(-c2ccc3c(N4CCN(C(=O)CCc5ccc(F)cc5)CC4)cnn3c2)cn1. The van der Waals surface area contributed by atoms with Gasteiger partial charge in [-0.1, -0.05) is 18.2 Å². The van der Waals surface area contributed by atoms with Crippen LogP contribution in [0.2, 0.25) is 0 Å². The number of anilines is 1. The Kier molecular flexibility index (Phi) is 5.34. The van der Waals surface area contributed by atoms with E-state index in [4.69, 9.17) is 0 Å². The highest BCUT2D eigenvalue weighted by atomic mass is 19.1. The Morgan fingerprint density at radius 2 is 1.72 bits per heavy atom. The fourth-order valence-electron chi connectivity index (χ4n) is 4.21. The summed E-state index contributed by atoms with van der Waals surface area (Å²) in [6.45, 7) is 2.92. The summed E-state index contributed by atoms with van der Waals surface area (Å²) < 4.78 is 16.7. The number of aromatic nitrogens is 4. The van der Waals surface area contributed by atoms with Crippen LogP contribution in [0.15, 0.2) is 61.2 Å². The molecular weight excluding hydrogens is 407 g/mol. The summed E-state index contributed by atoms with van der Waals surface area (Å²) in [5.74, 6) is -0.105. The van der Waals surface area contributed by atoms with Gasteiger partial charge in [0.15, 0.2) is 0 Å². The average Bonchev–Trinajstić information content (AvgIpc) is 3.44. The summed E-state index contributed by atoms with van der Waals surface area (Å²) >= 11 is 0. The first-order valence-corrected chi connectivity index (χ1v) is 10.8. The van der Waals surface area contributed by atoms with Crippen LogP contribution in [0, 0.1) is 5.82 Å². The zero-order valence-electron chi connectivity index (χ0n) is 18.0. The molecule has 3 aromatic heterocycles. The maximum Gasteiger partial charge on any atom is 0.223 e. The lowest BCUT2D eigenvalue weighted by molar-refractivity contribution is -0.131. The third kappa shape index (κ3) is 4.08. The number of carbonyl (C=O) groups excluding carboxylic acids is 1. The zero-order chi connectivity index (χ0) is 22.1. The van der Waals surface area contributed by atoms with Gasteiger partial charge >= 0.3 is 0 Å². The molecule has 32 heavy (non-hydrogen) atoms. The van der Waals surface area contributed by atoms with Gasteiger partial charge in [0, 0.05) is 63.2 Å². The minimum absolute atomic E-state index is 0.148. The van der Waals surface area contributed by atoms with Crippen LogP contribution in [-0.2, 0) is 18.3 Å². The Balaban J connectivity index is 1.21. The van der Waals surface area contributed by atoms with Crippen molar-refractivity contribution in [2.45, 2.75) is 12.8 Å². The zero-order valence-corrected chi connectivity index (χ0v) is 18.0. The molecule has 164 valence electrons. The highest BCUT2D eigenvalue weighted by Crippen LogP contribution is 2.26. The van der Waals surface area contributed by atoms with E-state index in [1.807, 2.05) is 41.3 Å². The molecule has 5 rings (SSSR count). The number of carbonyl (C=O) groups is 1. The minimum atomic E-state index is -0.253. The molecule has 0 spiro atoms. The Bertz CT molecular complexity index is 1240. The van der Waals surface area contributed by atoms with Crippen LogP contribution in [0.5, 0.6) is 0 Å². The number of aryl methyl sites for hydroxylation is 2. The van der Waals surface area contributed by atoms with Crippen molar-refractivity contribution in [3.8, 4) is 11.1 Å². The van der Waals surface area contributed by atoms with E-state index in [1.165, 1.54) is 12.1 Å². The molecule has 8 heteroatoms.